The van der Waals surface area contributed by atoms with Crippen LogP contribution in [0.1, 0.15) is 55.2 Å². The molecule has 0 bridgehead atoms. The van der Waals surface area contributed by atoms with Crippen LogP contribution in [0.25, 0.3) is 0 Å². The van der Waals surface area contributed by atoms with Crippen molar-refractivity contribution in [2.75, 3.05) is 0 Å². The SMILES string of the molecule is Cc1cc(P(=O)(O)NO)cc(C)c1Oc1ccc(C2CCC(C)CC2)c(F)c1F. The van der Waals surface area contributed by atoms with E-state index in [0.29, 0.717) is 22.6 Å². The third-order valence-electron chi connectivity index (χ3n) is 5.68. The van der Waals surface area contributed by atoms with Gasteiger partial charge in [0.05, 0.1) is 5.30 Å². The Kier molecular flexibility index (Phi) is 6.44. The van der Waals surface area contributed by atoms with E-state index in [1.807, 2.05) is 0 Å². The van der Waals surface area contributed by atoms with E-state index in [-0.39, 0.29) is 22.7 Å². The first-order valence-corrected chi connectivity index (χ1v) is 11.3. The van der Waals surface area contributed by atoms with E-state index >= 15 is 0 Å². The molecular formula is C21H26F2NO4P. The highest BCUT2D eigenvalue weighted by Gasteiger charge is 2.26. The number of hydrogen-bond acceptors (Lipinski definition) is 3. The lowest BCUT2D eigenvalue weighted by atomic mass is 9.79. The predicted molar refractivity (Wildman–Crippen MR) is 107 cm³/mol. The van der Waals surface area contributed by atoms with E-state index < -0.39 is 19.2 Å². The summed E-state index contributed by atoms with van der Waals surface area (Å²) in [5.41, 5.74) is 1.30. The van der Waals surface area contributed by atoms with Crippen molar-refractivity contribution in [2.45, 2.75) is 52.4 Å². The van der Waals surface area contributed by atoms with E-state index in [2.05, 4.69) is 6.92 Å². The third-order valence-corrected chi connectivity index (χ3v) is 6.90. The molecule has 0 saturated heterocycles. The fraction of sp³-hybridized carbons (Fsp3) is 0.429. The smallest absolute Gasteiger partial charge is 0.319 e. The highest BCUT2D eigenvalue weighted by molar-refractivity contribution is 7.63. The van der Waals surface area contributed by atoms with Gasteiger partial charge >= 0.3 is 7.52 Å². The second kappa shape index (κ2) is 8.52. The van der Waals surface area contributed by atoms with Crippen LogP contribution in [0, 0.1) is 31.4 Å². The zero-order valence-electron chi connectivity index (χ0n) is 16.7. The summed E-state index contributed by atoms with van der Waals surface area (Å²) in [7, 11) is -4.11. The van der Waals surface area contributed by atoms with Crippen LogP contribution in [0.5, 0.6) is 11.5 Å². The number of ether oxygens (including phenoxy) is 1. The summed E-state index contributed by atoms with van der Waals surface area (Å²) in [4.78, 5) is 9.72. The lowest BCUT2D eigenvalue weighted by Crippen LogP contribution is -2.17. The number of halogens is 2. The van der Waals surface area contributed by atoms with Gasteiger partial charge in [0.25, 0.3) is 0 Å². The van der Waals surface area contributed by atoms with E-state index in [1.54, 1.807) is 19.9 Å². The van der Waals surface area contributed by atoms with Gasteiger partial charge in [0, 0.05) is 0 Å². The predicted octanol–water partition coefficient (Wildman–Crippen LogP) is 5.46. The summed E-state index contributed by atoms with van der Waals surface area (Å²) in [5.74, 6) is -1.24. The van der Waals surface area contributed by atoms with E-state index in [4.69, 9.17) is 9.94 Å². The number of hydrogen-bond donors (Lipinski definition) is 3. The summed E-state index contributed by atoms with van der Waals surface area (Å²) in [6, 6.07) is 5.74. The molecule has 2 aromatic rings. The van der Waals surface area contributed by atoms with Gasteiger partial charge in [0.15, 0.2) is 11.6 Å². The summed E-state index contributed by atoms with van der Waals surface area (Å²) in [5, 5.41) is 10.2. The Morgan fingerprint density at radius 1 is 1.07 bits per heavy atom. The molecule has 8 heteroatoms. The van der Waals surface area contributed by atoms with Gasteiger partial charge in [0.2, 0.25) is 5.82 Å². The fourth-order valence-electron chi connectivity index (χ4n) is 3.94. The third kappa shape index (κ3) is 4.53. The van der Waals surface area contributed by atoms with Crippen molar-refractivity contribution in [3.8, 4) is 11.5 Å². The molecule has 2 aromatic carbocycles. The minimum absolute atomic E-state index is 0.0159. The van der Waals surface area contributed by atoms with Crippen molar-refractivity contribution in [3.05, 3.63) is 52.6 Å². The maximum Gasteiger partial charge on any atom is 0.319 e. The molecule has 0 amide bonds. The lowest BCUT2D eigenvalue weighted by Gasteiger charge is -2.27. The van der Waals surface area contributed by atoms with Crippen molar-refractivity contribution in [3.63, 3.8) is 0 Å². The molecule has 0 aliphatic heterocycles. The maximum atomic E-state index is 14.8. The van der Waals surface area contributed by atoms with Crippen molar-refractivity contribution in [1.82, 2.24) is 5.25 Å². The molecule has 3 N–H and O–H groups in total. The summed E-state index contributed by atoms with van der Waals surface area (Å²) in [6.07, 6.45) is 3.70. The Bertz CT molecular complexity index is 935. The zero-order chi connectivity index (χ0) is 21.3. The molecule has 0 heterocycles. The van der Waals surface area contributed by atoms with Crippen LogP contribution in [0.3, 0.4) is 0 Å². The first-order chi connectivity index (χ1) is 13.6. The molecule has 1 atom stereocenters. The van der Waals surface area contributed by atoms with Gasteiger partial charge in [-0.15, -0.1) is 5.25 Å². The van der Waals surface area contributed by atoms with Crippen LogP contribution < -0.4 is 15.3 Å². The molecule has 5 nitrogen and oxygen atoms in total. The molecule has 1 unspecified atom stereocenters. The van der Waals surface area contributed by atoms with Crippen LogP contribution in [0.2, 0.25) is 0 Å². The van der Waals surface area contributed by atoms with E-state index in [0.717, 1.165) is 25.7 Å². The van der Waals surface area contributed by atoms with Gasteiger partial charge in [-0.25, -0.2) is 4.39 Å². The van der Waals surface area contributed by atoms with Crippen LogP contribution in [0.4, 0.5) is 8.78 Å². The van der Waals surface area contributed by atoms with Gasteiger partial charge in [0.1, 0.15) is 5.75 Å². The molecule has 1 aliphatic rings. The number of aryl methyl sites for hydroxylation is 2. The van der Waals surface area contributed by atoms with Gasteiger partial charge < -0.3 is 14.8 Å². The molecule has 29 heavy (non-hydrogen) atoms. The van der Waals surface area contributed by atoms with Gasteiger partial charge in [-0.1, -0.05) is 25.8 Å². The maximum absolute atomic E-state index is 14.8. The highest BCUT2D eigenvalue weighted by Crippen LogP contribution is 2.40. The Balaban J connectivity index is 1.89. The van der Waals surface area contributed by atoms with Gasteiger partial charge in [-0.05, 0) is 73.4 Å². The number of nitrogens with one attached hydrogen (secondary N) is 1. The Morgan fingerprint density at radius 3 is 2.21 bits per heavy atom. The van der Waals surface area contributed by atoms with E-state index in [9.17, 15) is 18.2 Å². The number of rotatable bonds is 5. The topological polar surface area (TPSA) is 78.8 Å². The summed E-state index contributed by atoms with van der Waals surface area (Å²) < 4.78 is 47.0. The van der Waals surface area contributed by atoms with Crippen molar-refractivity contribution in [2.24, 2.45) is 5.92 Å². The Morgan fingerprint density at radius 2 is 1.66 bits per heavy atom. The largest absolute Gasteiger partial charge is 0.454 e. The van der Waals surface area contributed by atoms with Crippen LogP contribution in [-0.2, 0) is 4.57 Å². The Hall–Kier alpha value is -1.79. The fourth-order valence-corrected chi connectivity index (χ4v) is 4.80. The molecule has 1 saturated carbocycles. The summed E-state index contributed by atoms with van der Waals surface area (Å²) in [6.45, 7) is 5.41. The minimum atomic E-state index is -4.11. The van der Waals surface area contributed by atoms with Crippen molar-refractivity contribution >= 4 is 12.8 Å². The zero-order valence-corrected chi connectivity index (χ0v) is 17.6. The lowest BCUT2D eigenvalue weighted by molar-refractivity contribution is 0.226. The first-order valence-electron chi connectivity index (χ1n) is 9.65. The molecule has 0 aromatic heterocycles. The normalized spacial score (nSPS) is 21.6. The van der Waals surface area contributed by atoms with Gasteiger partial charge in [-0.3, -0.25) is 4.57 Å². The van der Waals surface area contributed by atoms with Crippen molar-refractivity contribution < 1.29 is 28.2 Å². The quantitative estimate of drug-likeness (QED) is 0.438. The molecule has 0 radical (unpaired) electrons. The first kappa shape index (κ1) is 21.9. The van der Waals surface area contributed by atoms with Crippen molar-refractivity contribution in [1.29, 1.82) is 0 Å². The second-order valence-electron chi connectivity index (χ2n) is 7.92. The Labute approximate surface area is 169 Å². The highest BCUT2D eigenvalue weighted by atomic mass is 31.2. The second-order valence-corrected chi connectivity index (χ2v) is 9.79. The van der Waals surface area contributed by atoms with E-state index in [1.165, 1.54) is 23.4 Å². The molecule has 3 rings (SSSR count). The monoisotopic (exact) mass is 425 g/mol. The number of benzene rings is 2. The average molecular weight is 425 g/mol. The minimum Gasteiger partial charge on any atom is -0.454 e. The summed E-state index contributed by atoms with van der Waals surface area (Å²) >= 11 is 0. The van der Waals surface area contributed by atoms with Crippen LogP contribution in [-0.4, -0.2) is 10.1 Å². The molecule has 0 spiro atoms. The average Bonchev–Trinajstić information content (AvgIpc) is 2.68. The van der Waals surface area contributed by atoms with Crippen LogP contribution >= 0.6 is 7.52 Å². The molecular weight excluding hydrogens is 399 g/mol. The molecule has 158 valence electrons. The molecule has 1 fully saturated rings. The molecule has 1 aliphatic carbocycles. The standard InChI is InChI=1S/C21H26F2NO4P/c1-12-4-6-15(7-5-12)17-8-9-18(20(23)19(17)22)28-21-13(2)10-16(11-14(21)3)29(26,27)24-25/h8-12,15,25H,4-7H2,1-3H3,(H2,24,26,27). The van der Waals surface area contributed by atoms with Crippen LogP contribution in [0.15, 0.2) is 24.3 Å². The van der Waals surface area contributed by atoms with Gasteiger partial charge in [-0.2, -0.15) is 4.39 Å².